The van der Waals surface area contributed by atoms with Gasteiger partial charge in [0.15, 0.2) is 0 Å². The predicted molar refractivity (Wildman–Crippen MR) is 137 cm³/mol. The molecule has 0 unspecified atom stereocenters. The summed E-state index contributed by atoms with van der Waals surface area (Å²) in [6.07, 6.45) is 0. The van der Waals surface area contributed by atoms with E-state index in [4.69, 9.17) is 32.6 Å². The fraction of sp³-hybridized carbons (Fsp3) is 0.0741. The van der Waals surface area contributed by atoms with Gasteiger partial charge < -0.3 is 10.6 Å². The van der Waals surface area contributed by atoms with Crippen LogP contribution in [0.5, 0.6) is 0 Å². The Morgan fingerprint density at radius 3 is 1.42 bits per heavy atom. The number of aromatic nitrogens is 1. The van der Waals surface area contributed by atoms with E-state index in [-0.39, 0.29) is 0 Å². The fourth-order valence-corrected chi connectivity index (χ4v) is 3.60. The van der Waals surface area contributed by atoms with Crippen LogP contribution in [0.15, 0.2) is 103 Å². The summed E-state index contributed by atoms with van der Waals surface area (Å²) in [4.78, 5) is 4.74. The van der Waals surface area contributed by atoms with Gasteiger partial charge >= 0.3 is 37.9 Å². The molecule has 0 aliphatic heterocycles. The van der Waals surface area contributed by atoms with Crippen molar-refractivity contribution in [2.75, 3.05) is 0 Å². The van der Waals surface area contributed by atoms with Crippen molar-refractivity contribution in [2.24, 2.45) is 0 Å². The Morgan fingerprint density at radius 2 is 0.970 bits per heavy atom. The van der Waals surface area contributed by atoms with Crippen molar-refractivity contribution in [1.29, 1.82) is 0 Å². The number of benzene rings is 4. The molecule has 162 valence electrons. The average molecular weight is 550 g/mol. The van der Waals surface area contributed by atoms with Gasteiger partial charge in [0.2, 0.25) is 0 Å². The summed E-state index contributed by atoms with van der Waals surface area (Å²) >= 11 is -0.826. The predicted octanol–water partition coefficient (Wildman–Crippen LogP) is 9.18. The number of hydrogen-bond donors (Lipinski definition) is 0. The topological polar surface area (TPSA) is 41.1 Å². The molecule has 33 heavy (non-hydrogen) atoms. The van der Waals surface area contributed by atoms with Gasteiger partial charge in [-0.2, -0.15) is 0 Å². The molecule has 0 saturated carbocycles. The molecule has 0 N–H and O–H groups in total. The van der Waals surface area contributed by atoms with Gasteiger partial charge in [0.25, 0.3) is 0 Å². The fourth-order valence-electron chi connectivity index (χ4n) is 3.60. The van der Waals surface area contributed by atoms with E-state index in [1.165, 1.54) is 21.5 Å². The van der Waals surface area contributed by atoms with E-state index in [2.05, 4.69) is 84.9 Å². The first-order chi connectivity index (χ1) is 16.2. The van der Waals surface area contributed by atoms with Gasteiger partial charge in [-0.3, -0.25) is 4.98 Å². The third-order valence-electron chi connectivity index (χ3n) is 5.18. The van der Waals surface area contributed by atoms with Crippen LogP contribution in [0.1, 0.15) is 11.4 Å². The molecule has 0 radical (unpaired) electrons. The minimum absolute atomic E-state index is 0.558. The zero-order chi connectivity index (χ0) is 22.9. The number of fused-ring (bicyclic) bond motifs is 2. The van der Waals surface area contributed by atoms with Crippen molar-refractivity contribution in [3.8, 4) is 0 Å². The average Bonchev–Trinajstić information content (AvgIpc) is 2.87. The largest absolute Gasteiger partial charge is 0.679 e. The van der Waals surface area contributed by atoms with Gasteiger partial charge in [-0.25, -0.2) is 0 Å². The summed E-state index contributed by atoms with van der Waals surface area (Å²) in [7, 11) is 9.87. The van der Waals surface area contributed by atoms with E-state index in [0.717, 1.165) is 22.8 Å². The molecule has 0 saturated heterocycles. The molecule has 0 amide bonds. The van der Waals surface area contributed by atoms with Crippen molar-refractivity contribution in [3.63, 3.8) is 0 Å². The molecular formula is C27H21Cl2N3Zr. The number of hydrogen-bond acceptors (Lipinski definition) is 1. The first-order valence-corrected chi connectivity index (χ1v) is 16.8. The SMILES string of the molecule is [Cl][Zr+2][Cl].c1cc(C[N-]c2ccc3ccccc3c2)nc(C[N-]c2ccc3ccccc3c2)c1. The van der Waals surface area contributed by atoms with Crippen LogP contribution >= 0.6 is 17.0 Å². The molecule has 0 aliphatic carbocycles. The third kappa shape index (κ3) is 6.80. The normalized spacial score (nSPS) is 10.2. The van der Waals surface area contributed by atoms with Crippen molar-refractivity contribution in [2.45, 2.75) is 13.1 Å². The second-order valence-electron chi connectivity index (χ2n) is 7.39. The summed E-state index contributed by atoms with van der Waals surface area (Å²) in [6, 6.07) is 35.3. The van der Waals surface area contributed by atoms with Crippen LogP contribution < -0.4 is 0 Å². The molecular weight excluding hydrogens is 528 g/mol. The van der Waals surface area contributed by atoms with Crippen LogP contribution in [-0.2, 0) is 33.9 Å². The quantitative estimate of drug-likeness (QED) is 0.208. The maximum absolute atomic E-state index is 4.93. The summed E-state index contributed by atoms with van der Waals surface area (Å²) < 4.78 is 0. The van der Waals surface area contributed by atoms with E-state index >= 15 is 0 Å². The number of pyridine rings is 1. The molecule has 3 nitrogen and oxygen atoms in total. The van der Waals surface area contributed by atoms with Crippen molar-refractivity contribution in [3.05, 3.63) is 125 Å². The molecule has 5 aromatic rings. The summed E-state index contributed by atoms with van der Waals surface area (Å²) in [5.74, 6) is 0. The number of rotatable bonds is 6. The Hall–Kier alpha value is -2.39. The van der Waals surface area contributed by atoms with E-state index < -0.39 is 20.8 Å². The number of nitrogens with zero attached hydrogens (tertiary/aromatic N) is 3. The third-order valence-corrected chi connectivity index (χ3v) is 5.18. The Balaban J connectivity index is 0.000000821. The summed E-state index contributed by atoms with van der Waals surface area (Å²) in [5.41, 5.74) is 3.85. The Labute approximate surface area is 212 Å². The van der Waals surface area contributed by atoms with Crippen LogP contribution in [0.2, 0.25) is 0 Å². The van der Waals surface area contributed by atoms with Gasteiger partial charge in [-0.05, 0) is 33.7 Å². The molecule has 4 aromatic carbocycles. The van der Waals surface area contributed by atoms with E-state index in [1.807, 2.05) is 18.2 Å². The molecule has 0 atom stereocenters. The van der Waals surface area contributed by atoms with Gasteiger partial charge in [-0.15, -0.1) is 11.4 Å². The minimum Gasteiger partial charge on any atom is -0.679 e. The summed E-state index contributed by atoms with van der Waals surface area (Å²) in [6.45, 7) is 1.12. The first kappa shape index (κ1) is 23.8. The Bertz CT molecular complexity index is 1240. The molecule has 6 heteroatoms. The standard InChI is InChI=1S/C27H21N3.2ClH.Zr/c1-3-8-22-16-24(14-12-20(22)6-1)28-18-26-10-5-11-27(30-26)19-29-25-15-13-21-7-2-4-9-23(21)17-25;;;/h1-17H,18-19H2;2*1H;/q-2;;;+4/p-2. The van der Waals surface area contributed by atoms with Crippen LogP contribution in [-0.4, -0.2) is 4.98 Å². The van der Waals surface area contributed by atoms with Crippen molar-refractivity contribution in [1.82, 2.24) is 4.98 Å². The molecule has 1 aromatic heterocycles. The van der Waals surface area contributed by atoms with Gasteiger partial charge in [0.1, 0.15) is 0 Å². The second kappa shape index (κ2) is 12.2. The zero-order valence-corrected chi connectivity index (χ0v) is 21.8. The zero-order valence-electron chi connectivity index (χ0n) is 17.8. The first-order valence-electron chi connectivity index (χ1n) is 10.5. The van der Waals surface area contributed by atoms with Crippen LogP contribution in [0.4, 0.5) is 11.4 Å². The molecule has 0 spiro atoms. The Kier molecular flexibility index (Phi) is 8.77. The van der Waals surface area contributed by atoms with Gasteiger partial charge in [0.05, 0.1) is 0 Å². The van der Waals surface area contributed by atoms with Crippen LogP contribution in [0.25, 0.3) is 32.2 Å². The van der Waals surface area contributed by atoms with E-state index in [1.54, 1.807) is 0 Å². The summed E-state index contributed by atoms with van der Waals surface area (Å²) in [5, 5.41) is 14.3. The molecule has 0 fully saturated rings. The molecule has 0 bridgehead atoms. The van der Waals surface area contributed by atoms with Crippen molar-refractivity contribution >= 4 is 49.9 Å². The van der Waals surface area contributed by atoms with E-state index in [9.17, 15) is 0 Å². The van der Waals surface area contributed by atoms with Crippen LogP contribution in [0.3, 0.4) is 0 Å². The maximum atomic E-state index is 4.93. The van der Waals surface area contributed by atoms with E-state index in [0.29, 0.717) is 13.1 Å². The maximum Gasteiger partial charge on any atom is 0.0230 e. The van der Waals surface area contributed by atoms with Gasteiger partial charge in [-0.1, -0.05) is 104 Å². The molecule has 0 aliphatic rings. The minimum atomic E-state index is -0.826. The smallest absolute Gasteiger partial charge is 0.0230 e. The van der Waals surface area contributed by atoms with Gasteiger partial charge in [0, 0.05) is 11.4 Å². The molecule has 1 heterocycles. The Morgan fingerprint density at radius 1 is 0.545 bits per heavy atom. The monoisotopic (exact) mass is 547 g/mol. The van der Waals surface area contributed by atoms with Crippen molar-refractivity contribution < 1.29 is 20.8 Å². The molecule has 5 rings (SSSR count). The number of halogens is 2. The second-order valence-corrected chi connectivity index (χ2v) is 11.1. The van der Waals surface area contributed by atoms with Crippen LogP contribution in [0, 0.1) is 0 Å².